The van der Waals surface area contributed by atoms with Crippen molar-refractivity contribution in [3.8, 4) is 6.07 Å². The number of hydrogen-bond donors (Lipinski definition) is 2. The van der Waals surface area contributed by atoms with Crippen molar-refractivity contribution in [3.63, 3.8) is 0 Å². The number of esters is 1. The summed E-state index contributed by atoms with van der Waals surface area (Å²) in [6.45, 7) is 1.74. The van der Waals surface area contributed by atoms with E-state index in [1.165, 1.54) is 18.2 Å². The van der Waals surface area contributed by atoms with Crippen molar-refractivity contribution in [2.24, 2.45) is 0 Å². The van der Waals surface area contributed by atoms with Gasteiger partial charge in [0.25, 0.3) is 5.91 Å². The van der Waals surface area contributed by atoms with Crippen LogP contribution < -0.4 is 10.6 Å². The SMILES string of the molecule is CCOC(=O)c1c(Nc2ccc(Cl)cc2)oc(/C=C(\C#N)C(=O)Nc2ccc(Cl)c(Cl)c2)c1Cl. The number of hydrogen-bond acceptors (Lipinski definition) is 6. The van der Waals surface area contributed by atoms with Gasteiger partial charge in [-0.1, -0.05) is 46.4 Å². The maximum atomic E-state index is 12.6. The van der Waals surface area contributed by atoms with Gasteiger partial charge in [0.2, 0.25) is 5.88 Å². The van der Waals surface area contributed by atoms with Gasteiger partial charge in [-0.25, -0.2) is 4.79 Å². The summed E-state index contributed by atoms with van der Waals surface area (Å²) in [5.41, 5.74) is 0.444. The highest BCUT2D eigenvalue weighted by atomic mass is 35.5. The fourth-order valence-electron chi connectivity index (χ4n) is 2.71. The minimum atomic E-state index is -0.752. The average molecular weight is 539 g/mol. The summed E-state index contributed by atoms with van der Waals surface area (Å²) >= 11 is 24.1. The Kier molecular flexibility index (Phi) is 8.48. The normalized spacial score (nSPS) is 11.0. The van der Waals surface area contributed by atoms with Crippen LogP contribution in [0.25, 0.3) is 6.08 Å². The molecule has 3 rings (SSSR count). The van der Waals surface area contributed by atoms with Gasteiger partial charge in [-0.2, -0.15) is 5.26 Å². The third-order valence-electron chi connectivity index (χ3n) is 4.27. The van der Waals surface area contributed by atoms with Gasteiger partial charge >= 0.3 is 5.97 Å². The molecule has 2 N–H and O–H groups in total. The standard InChI is InChI=1S/C23H15Cl4N3O4/c1-2-33-23(32)19-20(27)18(34-22(19)30-14-5-3-13(24)4-6-14)9-12(11-28)21(31)29-15-7-8-16(25)17(26)10-15/h3-10,30H,2H2,1H3,(H,29,31)/b12-9+. The van der Waals surface area contributed by atoms with Crippen LogP contribution in [0.1, 0.15) is 23.0 Å². The molecule has 1 amide bonds. The highest BCUT2D eigenvalue weighted by Gasteiger charge is 2.26. The van der Waals surface area contributed by atoms with Crippen LogP contribution in [0.3, 0.4) is 0 Å². The molecule has 0 fully saturated rings. The number of amides is 1. The summed E-state index contributed by atoms with van der Waals surface area (Å²) in [7, 11) is 0. The molecule has 34 heavy (non-hydrogen) atoms. The van der Waals surface area contributed by atoms with E-state index >= 15 is 0 Å². The second-order valence-corrected chi connectivity index (χ2v) is 8.22. The minimum absolute atomic E-state index is 0.0285. The topological polar surface area (TPSA) is 104 Å². The zero-order valence-electron chi connectivity index (χ0n) is 17.4. The number of nitriles is 1. The molecule has 0 saturated carbocycles. The van der Waals surface area contributed by atoms with E-state index in [1.807, 2.05) is 0 Å². The van der Waals surface area contributed by atoms with E-state index in [9.17, 15) is 14.9 Å². The van der Waals surface area contributed by atoms with E-state index in [1.54, 1.807) is 37.3 Å². The number of nitrogens with one attached hydrogen (secondary N) is 2. The number of nitrogens with zero attached hydrogens (tertiary/aromatic N) is 1. The number of rotatable bonds is 7. The maximum absolute atomic E-state index is 12.6. The van der Waals surface area contributed by atoms with Crippen LogP contribution in [0.5, 0.6) is 0 Å². The van der Waals surface area contributed by atoms with Gasteiger partial charge in [-0.15, -0.1) is 0 Å². The van der Waals surface area contributed by atoms with Crippen molar-refractivity contribution < 1.29 is 18.7 Å². The lowest BCUT2D eigenvalue weighted by molar-refractivity contribution is -0.112. The van der Waals surface area contributed by atoms with E-state index in [0.29, 0.717) is 21.4 Å². The molecule has 7 nitrogen and oxygen atoms in total. The first-order valence-electron chi connectivity index (χ1n) is 9.63. The predicted octanol–water partition coefficient (Wildman–Crippen LogP) is 7.36. The Morgan fingerprint density at radius 2 is 1.74 bits per heavy atom. The lowest BCUT2D eigenvalue weighted by Gasteiger charge is -2.06. The van der Waals surface area contributed by atoms with E-state index in [2.05, 4.69) is 10.6 Å². The first kappa shape index (κ1) is 25.5. The zero-order valence-corrected chi connectivity index (χ0v) is 20.4. The van der Waals surface area contributed by atoms with Crippen molar-refractivity contribution >= 4 is 81.6 Å². The molecule has 1 aromatic heterocycles. The summed E-state index contributed by atoms with van der Waals surface area (Å²) in [6.07, 6.45) is 1.12. The highest BCUT2D eigenvalue weighted by molar-refractivity contribution is 6.42. The van der Waals surface area contributed by atoms with Gasteiger partial charge in [-0.05, 0) is 49.4 Å². The van der Waals surface area contributed by atoms with Gasteiger partial charge in [-0.3, -0.25) is 4.79 Å². The number of ether oxygens (including phenoxy) is 1. The van der Waals surface area contributed by atoms with Crippen LogP contribution in [0, 0.1) is 11.3 Å². The molecule has 1 heterocycles. The molecule has 0 bridgehead atoms. The molecule has 3 aromatic rings. The summed E-state index contributed by atoms with van der Waals surface area (Å²) in [5.74, 6) is -1.62. The lowest BCUT2D eigenvalue weighted by atomic mass is 10.2. The molecule has 0 aliphatic heterocycles. The van der Waals surface area contributed by atoms with Crippen LogP contribution in [0.2, 0.25) is 20.1 Å². The monoisotopic (exact) mass is 537 g/mol. The van der Waals surface area contributed by atoms with Crippen LogP contribution in [0.15, 0.2) is 52.5 Å². The minimum Gasteiger partial charge on any atom is -0.462 e. The Hall–Kier alpha value is -3.15. The Balaban J connectivity index is 1.96. The number of anilines is 3. The largest absolute Gasteiger partial charge is 0.462 e. The molecular formula is C23H15Cl4N3O4. The van der Waals surface area contributed by atoms with Crippen LogP contribution in [0.4, 0.5) is 17.3 Å². The number of furan rings is 1. The Bertz CT molecular complexity index is 1310. The van der Waals surface area contributed by atoms with Crippen LogP contribution in [-0.2, 0) is 9.53 Å². The fourth-order valence-corrected chi connectivity index (χ4v) is 3.39. The third kappa shape index (κ3) is 6.04. The van der Waals surface area contributed by atoms with Crippen molar-refractivity contribution in [2.45, 2.75) is 6.92 Å². The Morgan fingerprint density at radius 3 is 2.35 bits per heavy atom. The maximum Gasteiger partial charge on any atom is 0.345 e. The third-order valence-corrected chi connectivity index (χ3v) is 5.64. The number of carbonyl (C=O) groups is 2. The molecule has 0 saturated heterocycles. The second-order valence-electron chi connectivity index (χ2n) is 6.59. The molecule has 174 valence electrons. The zero-order chi connectivity index (χ0) is 24.8. The second kappa shape index (κ2) is 11.3. The van der Waals surface area contributed by atoms with E-state index in [4.69, 9.17) is 55.6 Å². The molecule has 0 aliphatic carbocycles. The van der Waals surface area contributed by atoms with Crippen LogP contribution in [-0.4, -0.2) is 18.5 Å². The lowest BCUT2D eigenvalue weighted by Crippen LogP contribution is -2.13. The summed E-state index contributed by atoms with van der Waals surface area (Å²) in [5, 5.41) is 15.9. The summed E-state index contributed by atoms with van der Waals surface area (Å²) < 4.78 is 10.8. The van der Waals surface area contributed by atoms with Gasteiger partial charge in [0.1, 0.15) is 22.2 Å². The molecule has 0 unspecified atom stereocenters. The molecule has 0 spiro atoms. The van der Waals surface area contributed by atoms with Crippen LogP contribution >= 0.6 is 46.4 Å². The quantitative estimate of drug-likeness (QED) is 0.185. The van der Waals surface area contributed by atoms with E-state index < -0.39 is 11.9 Å². The van der Waals surface area contributed by atoms with Gasteiger partial charge < -0.3 is 19.8 Å². The van der Waals surface area contributed by atoms with Gasteiger partial charge in [0.15, 0.2) is 5.76 Å². The van der Waals surface area contributed by atoms with E-state index in [0.717, 1.165) is 6.08 Å². The van der Waals surface area contributed by atoms with Gasteiger partial charge in [0.05, 0.1) is 16.7 Å². The fraction of sp³-hybridized carbons (Fsp3) is 0.0870. The summed E-state index contributed by atoms with van der Waals surface area (Å²) in [6, 6.07) is 12.8. The molecule has 0 atom stereocenters. The number of halogens is 4. The molecule has 11 heteroatoms. The Labute approximate surface area is 214 Å². The van der Waals surface area contributed by atoms with E-state index in [-0.39, 0.29) is 39.4 Å². The number of benzene rings is 2. The first-order valence-corrected chi connectivity index (χ1v) is 11.1. The van der Waals surface area contributed by atoms with Crippen molar-refractivity contribution in [1.29, 1.82) is 5.26 Å². The van der Waals surface area contributed by atoms with Crippen molar-refractivity contribution in [2.75, 3.05) is 17.2 Å². The first-order chi connectivity index (χ1) is 16.2. The predicted molar refractivity (Wildman–Crippen MR) is 133 cm³/mol. The highest BCUT2D eigenvalue weighted by Crippen LogP contribution is 2.36. The molecule has 0 radical (unpaired) electrons. The van der Waals surface area contributed by atoms with Crippen molar-refractivity contribution in [3.05, 3.63) is 79.5 Å². The molecular weight excluding hydrogens is 524 g/mol. The van der Waals surface area contributed by atoms with Gasteiger partial charge in [0, 0.05) is 22.5 Å². The average Bonchev–Trinajstić information content (AvgIpc) is 3.10. The van der Waals surface area contributed by atoms with Crippen molar-refractivity contribution in [1.82, 2.24) is 0 Å². The number of carbonyl (C=O) groups excluding carboxylic acids is 2. The summed E-state index contributed by atoms with van der Waals surface area (Å²) in [4.78, 5) is 25.1. The molecule has 2 aromatic carbocycles. The molecule has 0 aliphatic rings. The smallest absolute Gasteiger partial charge is 0.345 e. The Morgan fingerprint density at radius 1 is 1.06 bits per heavy atom.